The highest BCUT2D eigenvalue weighted by Crippen LogP contribution is 2.33. The first kappa shape index (κ1) is 10.9. The van der Waals surface area contributed by atoms with Crippen LogP contribution in [0, 0.1) is 5.92 Å². The second-order valence-electron chi connectivity index (χ2n) is 4.82. The summed E-state index contributed by atoms with van der Waals surface area (Å²) >= 11 is 0. The first-order chi connectivity index (χ1) is 7.33. The van der Waals surface area contributed by atoms with Crippen molar-refractivity contribution in [3.05, 3.63) is 0 Å². The van der Waals surface area contributed by atoms with E-state index in [0.29, 0.717) is 24.4 Å². The first-order valence-electron chi connectivity index (χ1n) is 6.24. The molecule has 0 heterocycles. The molecule has 3 nitrogen and oxygen atoms in total. The summed E-state index contributed by atoms with van der Waals surface area (Å²) in [4.78, 5) is 14.0. The van der Waals surface area contributed by atoms with Crippen LogP contribution in [0.25, 0.3) is 0 Å². The number of aliphatic hydroxyl groups is 1. The number of carbonyl (C=O) groups is 1. The summed E-state index contributed by atoms with van der Waals surface area (Å²) in [5.74, 6) is 0.592. The van der Waals surface area contributed by atoms with Crippen LogP contribution in [-0.4, -0.2) is 35.1 Å². The van der Waals surface area contributed by atoms with Gasteiger partial charge in [0, 0.05) is 18.5 Å². The highest BCUT2D eigenvalue weighted by atomic mass is 16.3. The maximum absolute atomic E-state index is 12.0. The van der Waals surface area contributed by atoms with Crippen LogP contribution in [0.5, 0.6) is 0 Å². The summed E-state index contributed by atoms with van der Waals surface area (Å²) in [6.45, 7) is 0.648. The highest BCUT2D eigenvalue weighted by Gasteiger charge is 2.36. The van der Waals surface area contributed by atoms with Gasteiger partial charge in [0.15, 0.2) is 0 Å². The standard InChI is InChI=1S/C12H21NO2/c14-9-8-13(12(15)10-6-7-10)11-4-2-1-3-5-11/h10-11,14H,1-9H2. The Hall–Kier alpha value is -0.570. The van der Waals surface area contributed by atoms with Crippen LogP contribution in [0.1, 0.15) is 44.9 Å². The molecule has 0 aromatic carbocycles. The molecule has 0 saturated heterocycles. The van der Waals surface area contributed by atoms with E-state index in [4.69, 9.17) is 5.11 Å². The van der Waals surface area contributed by atoms with Gasteiger partial charge in [0.1, 0.15) is 0 Å². The number of hydrogen-bond acceptors (Lipinski definition) is 2. The molecule has 3 heteroatoms. The van der Waals surface area contributed by atoms with Crippen molar-refractivity contribution in [2.75, 3.05) is 13.2 Å². The third-order valence-corrected chi connectivity index (χ3v) is 3.57. The third kappa shape index (κ3) is 2.71. The lowest BCUT2D eigenvalue weighted by Gasteiger charge is -2.34. The molecule has 2 aliphatic carbocycles. The van der Waals surface area contributed by atoms with Crippen LogP contribution in [0.4, 0.5) is 0 Å². The zero-order valence-corrected chi connectivity index (χ0v) is 9.32. The van der Waals surface area contributed by atoms with Crippen molar-refractivity contribution in [1.82, 2.24) is 4.90 Å². The summed E-state index contributed by atoms with van der Waals surface area (Å²) in [6, 6.07) is 0.416. The second kappa shape index (κ2) is 4.97. The lowest BCUT2D eigenvalue weighted by atomic mass is 9.94. The van der Waals surface area contributed by atoms with Gasteiger partial charge in [0.2, 0.25) is 5.91 Å². The average molecular weight is 211 g/mol. The molecule has 0 radical (unpaired) electrons. The summed E-state index contributed by atoms with van der Waals surface area (Å²) in [6.07, 6.45) is 8.19. The lowest BCUT2D eigenvalue weighted by Crippen LogP contribution is -2.43. The zero-order chi connectivity index (χ0) is 10.7. The normalized spacial score (nSPS) is 22.7. The molecule has 2 fully saturated rings. The predicted molar refractivity (Wildman–Crippen MR) is 58.4 cm³/mol. The Morgan fingerprint density at radius 1 is 1.13 bits per heavy atom. The van der Waals surface area contributed by atoms with Crippen molar-refractivity contribution in [3.8, 4) is 0 Å². The maximum atomic E-state index is 12.0. The van der Waals surface area contributed by atoms with Crippen LogP contribution < -0.4 is 0 Å². The predicted octanol–water partition coefficient (Wildman–Crippen LogP) is 1.55. The molecular formula is C12H21NO2. The smallest absolute Gasteiger partial charge is 0.226 e. The number of nitrogens with zero attached hydrogens (tertiary/aromatic N) is 1. The van der Waals surface area contributed by atoms with Crippen LogP contribution in [0.15, 0.2) is 0 Å². The minimum Gasteiger partial charge on any atom is -0.395 e. The van der Waals surface area contributed by atoms with Gasteiger partial charge in [-0.3, -0.25) is 4.79 Å². The highest BCUT2D eigenvalue weighted by molar-refractivity contribution is 5.81. The third-order valence-electron chi connectivity index (χ3n) is 3.57. The molecule has 0 bridgehead atoms. The van der Waals surface area contributed by atoms with Gasteiger partial charge < -0.3 is 10.0 Å². The minimum absolute atomic E-state index is 0.106. The van der Waals surface area contributed by atoms with E-state index in [1.807, 2.05) is 4.90 Å². The van der Waals surface area contributed by atoms with E-state index in [1.165, 1.54) is 19.3 Å². The molecule has 1 amide bonds. The number of rotatable bonds is 4. The fourth-order valence-corrected chi connectivity index (χ4v) is 2.54. The summed E-state index contributed by atoms with van der Waals surface area (Å²) in [5.41, 5.74) is 0. The van der Waals surface area contributed by atoms with Gasteiger partial charge in [-0.15, -0.1) is 0 Å². The Morgan fingerprint density at radius 3 is 2.33 bits per heavy atom. The van der Waals surface area contributed by atoms with E-state index < -0.39 is 0 Å². The number of amides is 1. The Balaban J connectivity index is 1.93. The van der Waals surface area contributed by atoms with Crippen molar-refractivity contribution < 1.29 is 9.90 Å². The molecule has 15 heavy (non-hydrogen) atoms. The van der Waals surface area contributed by atoms with Crippen LogP contribution in [0.2, 0.25) is 0 Å². The van der Waals surface area contributed by atoms with E-state index in [-0.39, 0.29) is 6.61 Å². The average Bonchev–Trinajstić information content (AvgIpc) is 3.10. The number of aliphatic hydroxyl groups excluding tert-OH is 1. The topological polar surface area (TPSA) is 40.5 Å². The SMILES string of the molecule is O=C(C1CC1)N(CCO)C1CCCCC1. The van der Waals surface area contributed by atoms with Gasteiger partial charge in [-0.05, 0) is 25.7 Å². The molecule has 86 valence electrons. The van der Waals surface area contributed by atoms with Crippen molar-refractivity contribution in [2.45, 2.75) is 51.0 Å². The van der Waals surface area contributed by atoms with Gasteiger partial charge in [-0.25, -0.2) is 0 Å². The molecule has 0 aliphatic heterocycles. The van der Waals surface area contributed by atoms with E-state index >= 15 is 0 Å². The van der Waals surface area contributed by atoms with Gasteiger partial charge in [0.25, 0.3) is 0 Å². The second-order valence-corrected chi connectivity index (χ2v) is 4.82. The Labute approximate surface area is 91.5 Å². The van der Waals surface area contributed by atoms with Crippen LogP contribution >= 0.6 is 0 Å². The molecule has 1 N–H and O–H groups in total. The molecule has 0 atom stereocenters. The Morgan fingerprint density at radius 2 is 1.80 bits per heavy atom. The van der Waals surface area contributed by atoms with Crippen molar-refractivity contribution in [1.29, 1.82) is 0 Å². The van der Waals surface area contributed by atoms with Gasteiger partial charge in [-0.1, -0.05) is 19.3 Å². The first-order valence-corrected chi connectivity index (χ1v) is 6.24. The Bertz CT molecular complexity index is 220. The van der Waals surface area contributed by atoms with E-state index in [0.717, 1.165) is 25.7 Å². The summed E-state index contributed by atoms with van der Waals surface area (Å²) in [7, 11) is 0. The summed E-state index contributed by atoms with van der Waals surface area (Å²) < 4.78 is 0. The molecular weight excluding hydrogens is 190 g/mol. The van der Waals surface area contributed by atoms with Crippen LogP contribution in [-0.2, 0) is 4.79 Å². The molecule has 0 spiro atoms. The minimum atomic E-state index is 0.106. The molecule has 0 unspecified atom stereocenters. The van der Waals surface area contributed by atoms with Crippen LogP contribution in [0.3, 0.4) is 0 Å². The van der Waals surface area contributed by atoms with Gasteiger partial charge in [0.05, 0.1) is 6.61 Å². The van der Waals surface area contributed by atoms with Crippen molar-refractivity contribution in [2.24, 2.45) is 5.92 Å². The fourth-order valence-electron chi connectivity index (χ4n) is 2.54. The maximum Gasteiger partial charge on any atom is 0.226 e. The monoisotopic (exact) mass is 211 g/mol. The van der Waals surface area contributed by atoms with Crippen molar-refractivity contribution >= 4 is 5.91 Å². The van der Waals surface area contributed by atoms with E-state index in [9.17, 15) is 4.79 Å². The molecule has 0 aromatic heterocycles. The zero-order valence-electron chi connectivity index (χ0n) is 9.32. The summed E-state index contributed by atoms with van der Waals surface area (Å²) in [5, 5.41) is 9.02. The largest absolute Gasteiger partial charge is 0.395 e. The molecule has 0 aromatic rings. The van der Waals surface area contributed by atoms with Crippen molar-refractivity contribution in [3.63, 3.8) is 0 Å². The fraction of sp³-hybridized carbons (Fsp3) is 0.917. The number of carbonyl (C=O) groups excluding carboxylic acids is 1. The van der Waals surface area contributed by atoms with Gasteiger partial charge >= 0.3 is 0 Å². The van der Waals surface area contributed by atoms with E-state index in [2.05, 4.69) is 0 Å². The lowest BCUT2D eigenvalue weighted by molar-refractivity contribution is -0.136. The quantitative estimate of drug-likeness (QED) is 0.766. The Kier molecular flexibility index (Phi) is 3.62. The number of hydrogen-bond donors (Lipinski definition) is 1. The molecule has 2 aliphatic rings. The van der Waals surface area contributed by atoms with E-state index in [1.54, 1.807) is 0 Å². The molecule has 2 saturated carbocycles. The molecule has 2 rings (SSSR count). The van der Waals surface area contributed by atoms with Gasteiger partial charge in [-0.2, -0.15) is 0 Å².